The predicted molar refractivity (Wildman–Crippen MR) is 139 cm³/mol. The van der Waals surface area contributed by atoms with Gasteiger partial charge in [-0.2, -0.15) is 4.40 Å². The van der Waals surface area contributed by atoms with Crippen LogP contribution >= 0.6 is 23.1 Å². The van der Waals surface area contributed by atoms with Crippen molar-refractivity contribution in [1.82, 2.24) is 14.6 Å². The summed E-state index contributed by atoms with van der Waals surface area (Å²) in [7, 11) is 0. The van der Waals surface area contributed by atoms with E-state index in [0.29, 0.717) is 12.1 Å². The fourth-order valence-corrected chi connectivity index (χ4v) is 7.39. The number of carbonyl (C=O) groups excluding carboxylic acids is 3. The molecule has 38 heavy (non-hydrogen) atoms. The SMILES string of the molecule is C=CCOC(=O)NC(CC[n+]1cn2cc(C3=C(C(=O)O)N4C(=O)[C@H]([C@@H](C)O)[C@H]4[C@H]3C)sc2c1SC)C(N)=O. The van der Waals surface area contributed by atoms with E-state index in [2.05, 4.69) is 11.9 Å². The highest BCUT2D eigenvalue weighted by molar-refractivity contribution is 7.98. The van der Waals surface area contributed by atoms with Gasteiger partial charge in [0.25, 0.3) is 6.33 Å². The molecule has 3 amide bonds. The number of carbonyl (C=O) groups is 4. The van der Waals surface area contributed by atoms with Gasteiger partial charge in [0.15, 0.2) is 0 Å². The highest BCUT2D eigenvalue weighted by Gasteiger charge is 2.60. The summed E-state index contributed by atoms with van der Waals surface area (Å²) in [5, 5.41) is 23.4. The van der Waals surface area contributed by atoms with Crippen molar-refractivity contribution >= 4 is 57.4 Å². The lowest BCUT2D eigenvalue weighted by molar-refractivity contribution is -0.730. The van der Waals surface area contributed by atoms with Gasteiger partial charge in [0.05, 0.1) is 29.5 Å². The molecule has 0 spiro atoms. The predicted octanol–water partition coefficient (Wildman–Crippen LogP) is 0.820. The van der Waals surface area contributed by atoms with Gasteiger partial charge in [0.2, 0.25) is 21.7 Å². The number of aliphatic carboxylic acids is 1. The largest absolute Gasteiger partial charge is 0.477 e. The first-order chi connectivity index (χ1) is 18.0. The number of amides is 3. The third kappa shape index (κ3) is 4.67. The molecular weight excluding hydrogens is 534 g/mol. The Hall–Kier alpha value is -3.36. The van der Waals surface area contributed by atoms with E-state index >= 15 is 0 Å². The number of carboxylic acids is 1. The van der Waals surface area contributed by atoms with E-state index in [-0.39, 0.29) is 30.5 Å². The summed E-state index contributed by atoms with van der Waals surface area (Å²) in [6.07, 6.45) is 5.56. The van der Waals surface area contributed by atoms with Gasteiger partial charge in [-0.05, 0) is 13.2 Å². The minimum absolute atomic E-state index is 0.00574. The number of rotatable bonds is 11. The molecule has 204 valence electrons. The van der Waals surface area contributed by atoms with Crippen LogP contribution in [-0.4, -0.2) is 74.4 Å². The highest BCUT2D eigenvalue weighted by atomic mass is 32.2. The van der Waals surface area contributed by atoms with Crippen molar-refractivity contribution in [2.24, 2.45) is 17.6 Å². The fraction of sp³-hybridized carbons (Fsp3) is 0.458. The number of aryl methyl sites for hydroxylation is 1. The first-order valence-electron chi connectivity index (χ1n) is 11.9. The van der Waals surface area contributed by atoms with Gasteiger partial charge >= 0.3 is 12.1 Å². The molecule has 2 aliphatic heterocycles. The zero-order valence-corrected chi connectivity index (χ0v) is 22.8. The van der Waals surface area contributed by atoms with Crippen molar-refractivity contribution in [3.8, 4) is 0 Å². The number of carboxylic acid groups (broad SMARTS) is 1. The van der Waals surface area contributed by atoms with Crippen molar-refractivity contribution < 1.29 is 38.7 Å². The second-order valence-electron chi connectivity index (χ2n) is 9.22. The minimum Gasteiger partial charge on any atom is -0.477 e. The zero-order valence-electron chi connectivity index (χ0n) is 21.1. The number of alkyl carbamates (subject to hydrolysis) is 1. The van der Waals surface area contributed by atoms with Crippen molar-refractivity contribution in [3.05, 3.63) is 35.8 Å². The summed E-state index contributed by atoms with van der Waals surface area (Å²) in [6, 6.07) is -1.33. The van der Waals surface area contributed by atoms with Crippen LogP contribution in [0.3, 0.4) is 0 Å². The van der Waals surface area contributed by atoms with Gasteiger partial charge in [-0.3, -0.25) is 9.59 Å². The summed E-state index contributed by atoms with van der Waals surface area (Å²) >= 11 is 2.89. The summed E-state index contributed by atoms with van der Waals surface area (Å²) in [5.74, 6) is -3.14. The maximum atomic E-state index is 12.7. The summed E-state index contributed by atoms with van der Waals surface area (Å²) in [5.41, 5.74) is 6.00. The molecule has 5 N–H and O–H groups in total. The second kappa shape index (κ2) is 10.8. The Bertz CT molecular complexity index is 1350. The number of hydrogen-bond donors (Lipinski definition) is 4. The van der Waals surface area contributed by atoms with E-state index in [0.717, 1.165) is 14.7 Å². The number of nitrogens with one attached hydrogen (secondary N) is 1. The maximum absolute atomic E-state index is 12.7. The Morgan fingerprint density at radius 3 is 2.71 bits per heavy atom. The molecular formula is C24H30N5O7S2+. The number of aliphatic hydroxyl groups is 1. The Kier molecular flexibility index (Phi) is 7.85. The van der Waals surface area contributed by atoms with Gasteiger partial charge in [-0.1, -0.05) is 42.7 Å². The molecule has 0 saturated carbocycles. The molecule has 0 aliphatic carbocycles. The number of nitrogens with two attached hydrogens (primary N) is 1. The van der Waals surface area contributed by atoms with Crippen molar-refractivity contribution in [1.29, 1.82) is 0 Å². The van der Waals surface area contributed by atoms with E-state index in [1.807, 2.05) is 34.7 Å². The minimum atomic E-state index is -1.18. The van der Waals surface area contributed by atoms with Crippen LogP contribution in [0.15, 0.2) is 35.9 Å². The molecule has 14 heteroatoms. The lowest BCUT2D eigenvalue weighted by Gasteiger charge is -2.46. The monoisotopic (exact) mass is 564 g/mol. The number of ether oxygens (including phenoxy) is 1. The van der Waals surface area contributed by atoms with Crippen LogP contribution in [-0.2, 0) is 25.7 Å². The van der Waals surface area contributed by atoms with Crippen LogP contribution in [0.25, 0.3) is 10.4 Å². The van der Waals surface area contributed by atoms with Crippen LogP contribution in [0.1, 0.15) is 25.1 Å². The molecule has 5 atom stereocenters. The summed E-state index contributed by atoms with van der Waals surface area (Å²) < 4.78 is 8.68. The van der Waals surface area contributed by atoms with Crippen LogP contribution in [0.2, 0.25) is 0 Å². The van der Waals surface area contributed by atoms with Crippen LogP contribution in [0.4, 0.5) is 4.79 Å². The second-order valence-corrected chi connectivity index (χ2v) is 11.0. The molecule has 0 bridgehead atoms. The van der Waals surface area contributed by atoms with Crippen LogP contribution in [0, 0.1) is 11.8 Å². The molecule has 1 fully saturated rings. The first kappa shape index (κ1) is 27.7. The lowest BCUT2D eigenvalue weighted by atomic mass is 9.77. The number of aromatic nitrogens is 2. The lowest BCUT2D eigenvalue weighted by Crippen LogP contribution is -2.63. The van der Waals surface area contributed by atoms with E-state index in [4.69, 9.17) is 10.5 Å². The van der Waals surface area contributed by atoms with Crippen molar-refractivity contribution in [2.75, 3.05) is 12.9 Å². The van der Waals surface area contributed by atoms with E-state index in [9.17, 15) is 29.4 Å². The van der Waals surface area contributed by atoms with Gasteiger partial charge in [-0.25, -0.2) is 14.2 Å². The topological polar surface area (TPSA) is 168 Å². The van der Waals surface area contributed by atoms with E-state index in [1.54, 1.807) is 6.92 Å². The number of thiazole rings is 1. The van der Waals surface area contributed by atoms with Crippen molar-refractivity contribution in [2.45, 2.75) is 50.0 Å². The standard InChI is InChI=1S/C24H29N5O7S2/c1-5-8-36-24(35)26-13(19(25)31)6-7-27-10-28-9-14(38-22(28)21(27)37-4)15-11(2)17-16(12(3)30)20(32)29(17)18(15)23(33)34/h5,9-13,16-17,30H,1,6-8H2,2-4H3,(H3-,25,26,31,33,34,35)/p+1/t11-,12+,13?,16+,17+/m0/s1. The number of β-lactam (4-membered cyclic amide) rings is 1. The molecule has 1 saturated heterocycles. The van der Waals surface area contributed by atoms with Gasteiger partial charge in [-0.15, -0.1) is 0 Å². The number of nitrogens with zero attached hydrogens (tertiary/aromatic N) is 3. The number of fused-ring (bicyclic) bond motifs is 2. The number of thioether (sulfide) groups is 1. The third-order valence-electron chi connectivity index (χ3n) is 6.86. The van der Waals surface area contributed by atoms with Gasteiger partial charge < -0.3 is 30.9 Å². The molecule has 1 unspecified atom stereocenters. The average Bonchev–Trinajstić information content (AvgIpc) is 3.46. The maximum Gasteiger partial charge on any atom is 0.408 e. The van der Waals surface area contributed by atoms with Gasteiger partial charge in [0, 0.05) is 17.9 Å². The molecule has 2 aromatic heterocycles. The summed E-state index contributed by atoms with van der Waals surface area (Å²) in [4.78, 5) is 51.5. The Balaban J connectivity index is 1.60. The quantitative estimate of drug-likeness (QED) is 0.135. The molecule has 2 aliphatic rings. The number of primary amides is 1. The number of imidazole rings is 1. The smallest absolute Gasteiger partial charge is 0.408 e. The van der Waals surface area contributed by atoms with Crippen molar-refractivity contribution in [3.63, 3.8) is 0 Å². The van der Waals surface area contributed by atoms with Gasteiger partial charge in [0.1, 0.15) is 24.5 Å². The Morgan fingerprint density at radius 1 is 1.42 bits per heavy atom. The zero-order chi connectivity index (χ0) is 27.9. The normalized spacial score (nSPS) is 22.2. The summed E-state index contributed by atoms with van der Waals surface area (Å²) in [6.45, 7) is 7.27. The van der Waals surface area contributed by atoms with Crippen LogP contribution < -0.4 is 15.6 Å². The molecule has 0 radical (unpaired) electrons. The molecule has 4 heterocycles. The van der Waals surface area contributed by atoms with E-state index in [1.165, 1.54) is 34.1 Å². The number of hydrogen-bond acceptors (Lipinski definition) is 8. The molecule has 12 nitrogen and oxygen atoms in total. The third-order valence-corrected chi connectivity index (χ3v) is 8.95. The first-order valence-corrected chi connectivity index (χ1v) is 14.0. The Labute approximate surface area is 226 Å². The molecule has 4 rings (SSSR count). The highest BCUT2D eigenvalue weighted by Crippen LogP contribution is 2.51. The van der Waals surface area contributed by atoms with Crippen LogP contribution in [0.5, 0.6) is 0 Å². The fourth-order valence-electron chi connectivity index (χ4n) is 5.19. The molecule has 0 aromatic carbocycles. The Morgan fingerprint density at radius 2 is 2.13 bits per heavy atom. The average molecular weight is 565 g/mol. The number of aliphatic hydroxyl groups excluding tert-OH is 1. The van der Waals surface area contributed by atoms with E-state index < -0.39 is 42.1 Å². The molecule has 2 aromatic rings.